The fraction of sp³-hybridized carbons (Fsp3) is 0.636. The van der Waals surface area contributed by atoms with E-state index in [2.05, 4.69) is 19.0 Å². The summed E-state index contributed by atoms with van der Waals surface area (Å²) in [5.74, 6) is 0.252. The van der Waals surface area contributed by atoms with Gasteiger partial charge >= 0.3 is 12.0 Å². The molecule has 1 aromatic carbocycles. The number of esters is 1. The summed E-state index contributed by atoms with van der Waals surface area (Å²) in [6.07, 6.45) is 2.01. The molecule has 0 aliphatic carbocycles. The van der Waals surface area contributed by atoms with Crippen molar-refractivity contribution < 1.29 is 14.3 Å². The van der Waals surface area contributed by atoms with Crippen molar-refractivity contribution in [1.29, 1.82) is 0 Å². The van der Waals surface area contributed by atoms with Crippen LogP contribution in [0.5, 0.6) is 0 Å². The highest BCUT2D eigenvalue weighted by molar-refractivity contribution is 5.83. The normalized spacial score (nSPS) is 16.3. The van der Waals surface area contributed by atoms with Crippen molar-refractivity contribution >= 4 is 12.0 Å². The number of carbonyl (C=O) groups is 2. The fourth-order valence-corrected chi connectivity index (χ4v) is 3.86. The van der Waals surface area contributed by atoms with Gasteiger partial charge in [0.25, 0.3) is 0 Å². The molecule has 156 valence electrons. The average molecular weight is 390 g/mol. The quantitative estimate of drug-likeness (QED) is 0.673. The van der Waals surface area contributed by atoms with Gasteiger partial charge in [-0.3, -0.25) is 0 Å². The molecule has 1 heterocycles. The number of piperidine rings is 1. The summed E-state index contributed by atoms with van der Waals surface area (Å²) >= 11 is 0. The van der Waals surface area contributed by atoms with Gasteiger partial charge in [0.15, 0.2) is 0 Å². The predicted molar refractivity (Wildman–Crippen MR) is 111 cm³/mol. The minimum atomic E-state index is -0.587. The van der Waals surface area contributed by atoms with Crippen LogP contribution in [0, 0.1) is 11.8 Å². The Morgan fingerprint density at radius 2 is 1.71 bits per heavy atom. The molecule has 0 radical (unpaired) electrons. The van der Waals surface area contributed by atoms with E-state index in [1.807, 2.05) is 49.1 Å². The zero-order valence-corrected chi connectivity index (χ0v) is 17.9. The number of carbonyl (C=O) groups excluding carboxylic acids is 2. The van der Waals surface area contributed by atoms with Crippen LogP contribution in [0.2, 0.25) is 0 Å². The first kappa shape index (κ1) is 22.2. The summed E-state index contributed by atoms with van der Waals surface area (Å²) in [6, 6.07) is 8.93. The van der Waals surface area contributed by atoms with Gasteiger partial charge in [-0.15, -0.1) is 0 Å². The highest BCUT2D eigenvalue weighted by Gasteiger charge is 2.34. The molecule has 1 aliphatic heterocycles. The number of ether oxygens (including phenoxy) is 1. The van der Waals surface area contributed by atoms with Crippen LogP contribution in [-0.4, -0.2) is 73.5 Å². The molecule has 2 amide bonds. The highest BCUT2D eigenvalue weighted by atomic mass is 16.5. The first-order valence-electron chi connectivity index (χ1n) is 10.2. The van der Waals surface area contributed by atoms with Crippen molar-refractivity contribution in [3.05, 3.63) is 35.9 Å². The number of nitrogens with zero attached hydrogens (tertiary/aromatic N) is 3. The van der Waals surface area contributed by atoms with E-state index in [-0.39, 0.29) is 24.5 Å². The van der Waals surface area contributed by atoms with Gasteiger partial charge in [0, 0.05) is 26.7 Å². The van der Waals surface area contributed by atoms with E-state index >= 15 is 0 Å². The zero-order chi connectivity index (χ0) is 20.7. The van der Waals surface area contributed by atoms with E-state index in [0.717, 1.165) is 38.0 Å². The molecule has 0 aromatic heterocycles. The van der Waals surface area contributed by atoms with Gasteiger partial charge in [-0.1, -0.05) is 44.2 Å². The average Bonchev–Trinajstić information content (AvgIpc) is 2.66. The Kier molecular flexibility index (Phi) is 8.30. The molecule has 0 saturated carbocycles. The third-order valence-corrected chi connectivity index (χ3v) is 5.32. The summed E-state index contributed by atoms with van der Waals surface area (Å²) in [5.41, 5.74) is 0.940. The lowest BCUT2D eigenvalue weighted by Crippen LogP contribution is -2.53. The molecule has 1 saturated heterocycles. The highest BCUT2D eigenvalue weighted by Crippen LogP contribution is 2.21. The maximum Gasteiger partial charge on any atom is 0.329 e. The molecule has 2 rings (SSSR count). The van der Waals surface area contributed by atoms with E-state index in [9.17, 15) is 9.59 Å². The summed E-state index contributed by atoms with van der Waals surface area (Å²) in [7, 11) is 5.88. The number of urea groups is 1. The molecule has 1 aliphatic rings. The standard InChI is InChI=1S/C22H35N3O3/c1-17(2)20(21(26)28-16-19-9-7-6-8-10-19)24(5)22(27)25-13-11-18(12-14-25)15-23(3)4/h6-10,17-18,20H,11-16H2,1-5H3/t20-/m0/s1. The van der Waals surface area contributed by atoms with Gasteiger partial charge in [0.05, 0.1) is 0 Å². The Morgan fingerprint density at radius 3 is 2.25 bits per heavy atom. The molecule has 0 spiro atoms. The van der Waals surface area contributed by atoms with Crippen LogP contribution in [-0.2, 0) is 16.1 Å². The van der Waals surface area contributed by atoms with Crippen LogP contribution in [0.3, 0.4) is 0 Å². The number of likely N-dealkylation sites (tertiary alicyclic amines) is 1. The maximum absolute atomic E-state index is 13.0. The van der Waals surface area contributed by atoms with Crippen molar-refractivity contribution in [2.24, 2.45) is 11.8 Å². The van der Waals surface area contributed by atoms with E-state index in [4.69, 9.17) is 4.74 Å². The maximum atomic E-state index is 13.0. The van der Waals surface area contributed by atoms with E-state index < -0.39 is 6.04 Å². The van der Waals surface area contributed by atoms with Gasteiger partial charge in [0.1, 0.15) is 12.6 Å². The van der Waals surface area contributed by atoms with E-state index in [1.165, 1.54) is 0 Å². The molecule has 1 atom stereocenters. The monoisotopic (exact) mass is 389 g/mol. The predicted octanol–water partition coefficient (Wildman–Crippen LogP) is 3.08. The Bertz CT molecular complexity index is 625. The van der Waals surface area contributed by atoms with Crippen LogP contribution in [0.1, 0.15) is 32.3 Å². The minimum absolute atomic E-state index is 0.0245. The number of rotatable bonds is 7. The van der Waals surface area contributed by atoms with E-state index in [0.29, 0.717) is 5.92 Å². The van der Waals surface area contributed by atoms with Gasteiger partial charge in [-0.2, -0.15) is 0 Å². The number of amides is 2. The lowest BCUT2D eigenvalue weighted by molar-refractivity contribution is -0.151. The largest absolute Gasteiger partial charge is 0.459 e. The number of likely N-dealkylation sites (N-methyl/N-ethyl adjacent to an activating group) is 1. The molecular formula is C22H35N3O3. The van der Waals surface area contributed by atoms with Crippen LogP contribution >= 0.6 is 0 Å². The third-order valence-electron chi connectivity index (χ3n) is 5.32. The molecule has 0 bridgehead atoms. The molecule has 1 fully saturated rings. The van der Waals surface area contributed by atoms with Crippen LogP contribution in [0.15, 0.2) is 30.3 Å². The molecule has 1 aromatic rings. The molecule has 6 heteroatoms. The van der Waals surface area contributed by atoms with Gasteiger partial charge < -0.3 is 19.4 Å². The lowest BCUT2D eigenvalue weighted by Gasteiger charge is -2.38. The summed E-state index contributed by atoms with van der Waals surface area (Å²) in [4.78, 5) is 31.3. The Labute approximate surface area is 169 Å². The summed E-state index contributed by atoms with van der Waals surface area (Å²) in [6.45, 7) is 6.65. The van der Waals surface area contributed by atoms with Crippen LogP contribution in [0.25, 0.3) is 0 Å². The number of hydrogen-bond donors (Lipinski definition) is 0. The SMILES string of the molecule is CC(C)[C@@H](C(=O)OCc1ccccc1)N(C)C(=O)N1CCC(CN(C)C)CC1. The molecular weight excluding hydrogens is 354 g/mol. The summed E-state index contributed by atoms with van der Waals surface area (Å²) < 4.78 is 5.51. The second-order valence-electron chi connectivity index (χ2n) is 8.37. The Balaban J connectivity index is 1.93. The zero-order valence-electron chi connectivity index (χ0n) is 17.9. The van der Waals surface area contributed by atoms with Gasteiger partial charge in [-0.25, -0.2) is 9.59 Å². The second kappa shape index (κ2) is 10.5. The first-order valence-corrected chi connectivity index (χ1v) is 10.2. The van der Waals surface area contributed by atoms with Crippen LogP contribution < -0.4 is 0 Å². The Hall–Kier alpha value is -2.08. The third kappa shape index (κ3) is 6.23. The van der Waals surface area contributed by atoms with Crippen molar-refractivity contribution in [2.75, 3.05) is 40.8 Å². The number of benzene rings is 1. The van der Waals surface area contributed by atoms with E-state index in [1.54, 1.807) is 11.9 Å². The summed E-state index contributed by atoms with van der Waals surface area (Å²) in [5, 5.41) is 0. The van der Waals surface area contributed by atoms with Crippen molar-refractivity contribution in [1.82, 2.24) is 14.7 Å². The molecule has 6 nitrogen and oxygen atoms in total. The number of hydrogen-bond acceptors (Lipinski definition) is 4. The molecule has 0 N–H and O–H groups in total. The van der Waals surface area contributed by atoms with Gasteiger partial charge in [0.2, 0.25) is 0 Å². The lowest BCUT2D eigenvalue weighted by atomic mass is 9.96. The van der Waals surface area contributed by atoms with Crippen molar-refractivity contribution in [2.45, 2.75) is 39.3 Å². The van der Waals surface area contributed by atoms with Crippen molar-refractivity contribution in [3.8, 4) is 0 Å². The van der Waals surface area contributed by atoms with Crippen molar-refractivity contribution in [3.63, 3.8) is 0 Å². The molecule has 0 unspecified atom stereocenters. The smallest absolute Gasteiger partial charge is 0.329 e. The Morgan fingerprint density at radius 1 is 1.11 bits per heavy atom. The first-order chi connectivity index (χ1) is 13.3. The topological polar surface area (TPSA) is 53.1 Å². The fourth-order valence-electron chi connectivity index (χ4n) is 3.86. The van der Waals surface area contributed by atoms with Crippen LogP contribution in [0.4, 0.5) is 4.79 Å². The van der Waals surface area contributed by atoms with Gasteiger partial charge in [-0.05, 0) is 44.3 Å². The minimum Gasteiger partial charge on any atom is -0.459 e. The second-order valence-corrected chi connectivity index (χ2v) is 8.37. The molecule has 28 heavy (non-hydrogen) atoms.